The van der Waals surface area contributed by atoms with E-state index in [2.05, 4.69) is 66.0 Å². The van der Waals surface area contributed by atoms with Crippen LogP contribution in [0.25, 0.3) is 0 Å². The molecule has 6 nitrogen and oxygen atoms in total. The zero-order valence-corrected chi connectivity index (χ0v) is 18.6. The molecule has 1 atom stereocenters. The smallest absolute Gasteiger partial charge is 0.244 e. The Morgan fingerprint density at radius 2 is 1.76 bits per heavy atom. The second-order valence-electron chi connectivity index (χ2n) is 7.90. The van der Waals surface area contributed by atoms with Gasteiger partial charge in [0.1, 0.15) is 6.54 Å². The van der Waals surface area contributed by atoms with E-state index in [1.807, 2.05) is 17.9 Å². The van der Waals surface area contributed by atoms with Crippen LogP contribution in [0, 0.1) is 0 Å². The summed E-state index contributed by atoms with van der Waals surface area (Å²) in [5.74, 6) is 0.827. The molecule has 0 radical (unpaired) electrons. The lowest BCUT2D eigenvalue weighted by atomic mass is 9.90. The zero-order valence-electron chi connectivity index (χ0n) is 18.6. The first-order valence-electron chi connectivity index (χ1n) is 11.2. The molecule has 29 heavy (non-hydrogen) atoms. The number of benzene rings is 1. The van der Waals surface area contributed by atoms with Gasteiger partial charge >= 0.3 is 0 Å². The summed E-state index contributed by atoms with van der Waals surface area (Å²) in [5, 5.41) is 10.6. The summed E-state index contributed by atoms with van der Waals surface area (Å²) < 4.78 is 0. The molecule has 1 aliphatic heterocycles. The second kappa shape index (κ2) is 11.8. The highest BCUT2D eigenvalue weighted by Gasteiger charge is 2.28. The Hall–Kier alpha value is -2.08. The first-order valence-corrected chi connectivity index (χ1v) is 11.2. The average Bonchev–Trinajstić information content (AvgIpc) is 3.30. The van der Waals surface area contributed by atoms with Gasteiger partial charge in [-0.2, -0.15) is 0 Å². The minimum absolute atomic E-state index is 0.0512. The van der Waals surface area contributed by atoms with Gasteiger partial charge in [-0.1, -0.05) is 44.2 Å². The van der Waals surface area contributed by atoms with E-state index in [0.717, 1.165) is 51.9 Å². The van der Waals surface area contributed by atoms with Gasteiger partial charge in [0, 0.05) is 37.8 Å². The number of hydrogen-bond acceptors (Lipinski definition) is 3. The molecule has 0 bridgehead atoms. The normalized spacial score (nSPS) is 16.0. The monoisotopic (exact) mass is 401 g/mol. The van der Waals surface area contributed by atoms with Crippen molar-refractivity contribution in [2.75, 3.05) is 32.7 Å². The molecule has 1 aromatic carbocycles. The summed E-state index contributed by atoms with van der Waals surface area (Å²) in [6.07, 6.45) is 4.21. The summed E-state index contributed by atoms with van der Waals surface area (Å²) >= 11 is 0. The van der Waals surface area contributed by atoms with Gasteiger partial charge in [-0.15, -0.1) is 0 Å². The molecule has 1 aromatic rings. The Balaban J connectivity index is 1.98. The number of guanidine groups is 1. The van der Waals surface area contributed by atoms with Crippen molar-refractivity contribution < 1.29 is 4.79 Å². The summed E-state index contributed by atoms with van der Waals surface area (Å²) in [6, 6.07) is 10.8. The lowest BCUT2D eigenvalue weighted by Gasteiger charge is -2.37. The summed E-state index contributed by atoms with van der Waals surface area (Å²) in [7, 11) is 0. The topological polar surface area (TPSA) is 68.8 Å². The third-order valence-corrected chi connectivity index (χ3v) is 5.95. The summed E-state index contributed by atoms with van der Waals surface area (Å²) in [5.41, 5.74) is 1.24. The van der Waals surface area contributed by atoms with Crippen molar-refractivity contribution >= 4 is 11.9 Å². The molecular weight excluding hydrogens is 362 g/mol. The fourth-order valence-electron chi connectivity index (χ4n) is 3.85. The number of aliphatic imine (C=N–C) groups is 1. The molecule has 1 aliphatic rings. The molecule has 1 amide bonds. The fourth-order valence-corrected chi connectivity index (χ4v) is 3.85. The number of rotatable bonds is 10. The molecule has 1 fully saturated rings. The van der Waals surface area contributed by atoms with Gasteiger partial charge in [-0.3, -0.25) is 4.79 Å². The van der Waals surface area contributed by atoms with Crippen LogP contribution < -0.4 is 16.0 Å². The first-order chi connectivity index (χ1) is 14.0. The van der Waals surface area contributed by atoms with E-state index < -0.39 is 0 Å². The zero-order chi connectivity index (χ0) is 21.1. The van der Waals surface area contributed by atoms with Gasteiger partial charge in [-0.05, 0) is 45.1 Å². The maximum atomic E-state index is 12.3. The predicted molar refractivity (Wildman–Crippen MR) is 121 cm³/mol. The molecule has 1 saturated heterocycles. The summed E-state index contributed by atoms with van der Waals surface area (Å²) in [6.45, 7) is 12.2. The average molecular weight is 402 g/mol. The number of hydrogen-bond donors (Lipinski definition) is 3. The molecule has 0 spiro atoms. The number of likely N-dealkylation sites (tertiary alicyclic amines) is 1. The molecule has 1 unspecified atom stereocenters. The van der Waals surface area contributed by atoms with Crippen molar-refractivity contribution in [3.8, 4) is 0 Å². The molecule has 162 valence electrons. The van der Waals surface area contributed by atoms with Crippen LogP contribution in [-0.4, -0.2) is 55.0 Å². The van der Waals surface area contributed by atoms with Gasteiger partial charge in [0.25, 0.3) is 0 Å². The van der Waals surface area contributed by atoms with Crippen LogP contribution in [0.4, 0.5) is 0 Å². The Kier molecular flexibility index (Phi) is 9.45. The van der Waals surface area contributed by atoms with Crippen LogP contribution >= 0.6 is 0 Å². The Bertz CT molecular complexity index is 636. The Morgan fingerprint density at radius 3 is 2.34 bits per heavy atom. The van der Waals surface area contributed by atoms with E-state index in [-0.39, 0.29) is 24.0 Å². The van der Waals surface area contributed by atoms with Crippen molar-refractivity contribution in [1.29, 1.82) is 0 Å². The highest BCUT2D eigenvalue weighted by Crippen LogP contribution is 2.21. The van der Waals surface area contributed by atoms with E-state index in [0.29, 0.717) is 5.96 Å². The maximum absolute atomic E-state index is 12.3. The molecule has 3 N–H and O–H groups in total. The quantitative estimate of drug-likeness (QED) is 0.416. The van der Waals surface area contributed by atoms with Gasteiger partial charge in [0.15, 0.2) is 5.96 Å². The van der Waals surface area contributed by atoms with Crippen molar-refractivity contribution in [3.05, 3.63) is 35.9 Å². The van der Waals surface area contributed by atoms with Gasteiger partial charge in [0.05, 0.1) is 0 Å². The molecule has 1 heterocycles. The number of nitrogens with one attached hydrogen (secondary N) is 3. The van der Waals surface area contributed by atoms with Gasteiger partial charge < -0.3 is 20.9 Å². The van der Waals surface area contributed by atoms with Crippen molar-refractivity contribution in [2.45, 2.75) is 65.0 Å². The third kappa shape index (κ3) is 7.03. The number of carbonyl (C=O) groups excluding carboxylic acids is 1. The number of nitrogens with zero attached hydrogens (tertiary/aromatic N) is 2. The lowest BCUT2D eigenvalue weighted by molar-refractivity contribution is -0.128. The van der Waals surface area contributed by atoms with E-state index >= 15 is 0 Å². The molecule has 0 aliphatic carbocycles. The fraction of sp³-hybridized carbons (Fsp3) is 0.652. The van der Waals surface area contributed by atoms with Gasteiger partial charge in [0.2, 0.25) is 5.91 Å². The predicted octanol–water partition coefficient (Wildman–Crippen LogP) is 3.07. The standard InChI is InChI=1S/C23H39N5O/c1-5-23(6-2,27-19(4)20-13-9-8-10-14-20)18-26-22(24-7-3)25-17-21(29)28-15-11-12-16-28/h8-10,13-14,19,27H,5-7,11-12,15-18H2,1-4H3,(H2,24,25,26). The minimum Gasteiger partial charge on any atom is -0.357 e. The van der Waals surface area contributed by atoms with Crippen molar-refractivity contribution in [1.82, 2.24) is 20.9 Å². The molecule has 2 rings (SSSR count). The summed E-state index contributed by atoms with van der Waals surface area (Å²) in [4.78, 5) is 18.8. The van der Waals surface area contributed by atoms with E-state index in [1.165, 1.54) is 5.56 Å². The van der Waals surface area contributed by atoms with Gasteiger partial charge in [-0.25, -0.2) is 4.99 Å². The van der Waals surface area contributed by atoms with Crippen LogP contribution in [0.2, 0.25) is 0 Å². The number of amides is 1. The van der Waals surface area contributed by atoms with E-state index in [1.54, 1.807) is 0 Å². The lowest BCUT2D eigenvalue weighted by Crippen LogP contribution is -2.55. The van der Waals surface area contributed by atoms with Crippen LogP contribution in [0.15, 0.2) is 35.3 Å². The molecule has 6 heteroatoms. The highest BCUT2D eigenvalue weighted by molar-refractivity contribution is 5.85. The SMILES string of the molecule is CCNC(=NCC(=O)N1CCCC1)NCC(CC)(CC)NC(C)c1ccccc1. The maximum Gasteiger partial charge on any atom is 0.244 e. The Labute approximate surface area is 176 Å². The van der Waals surface area contributed by atoms with Crippen LogP contribution in [0.5, 0.6) is 0 Å². The highest BCUT2D eigenvalue weighted by atomic mass is 16.2. The van der Waals surface area contributed by atoms with E-state index in [4.69, 9.17) is 0 Å². The Morgan fingerprint density at radius 1 is 1.10 bits per heavy atom. The third-order valence-electron chi connectivity index (χ3n) is 5.95. The van der Waals surface area contributed by atoms with Crippen molar-refractivity contribution in [2.24, 2.45) is 4.99 Å². The van der Waals surface area contributed by atoms with Crippen molar-refractivity contribution in [3.63, 3.8) is 0 Å². The largest absolute Gasteiger partial charge is 0.357 e. The van der Waals surface area contributed by atoms with Crippen LogP contribution in [-0.2, 0) is 4.79 Å². The van der Waals surface area contributed by atoms with E-state index in [9.17, 15) is 4.79 Å². The van der Waals surface area contributed by atoms with Crippen LogP contribution in [0.1, 0.15) is 65.0 Å². The minimum atomic E-state index is -0.0512. The van der Waals surface area contributed by atoms with Crippen LogP contribution in [0.3, 0.4) is 0 Å². The second-order valence-corrected chi connectivity index (χ2v) is 7.90. The molecular formula is C23H39N5O. The number of carbonyl (C=O) groups is 1. The molecule has 0 aromatic heterocycles. The first kappa shape index (κ1) is 23.2. The molecule has 0 saturated carbocycles.